The van der Waals surface area contributed by atoms with Gasteiger partial charge in [0.2, 0.25) is 0 Å². The van der Waals surface area contributed by atoms with Crippen LogP contribution in [0.25, 0.3) is 0 Å². The van der Waals surface area contributed by atoms with Crippen LogP contribution in [0.2, 0.25) is 0 Å². The molecule has 2 N–H and O–H groups in total. The van der Waals surface area contributed by atoms with Crippen LogP contribution in [0.4, 0.5) is 10.1 Å². The Hall–Kier alpha value is -2.15. The molecule has 134 valence electrons. The molecule has 2 heterocycles. The number of nitrogens with zero attached hydrogens (tertiary/aromatic N) is 4. The van der Waals surface area contributed by atoms with Gasteiger partial charge in [0, 0.05) is 50.2 Å². The van der Waals surface area contributed by atoms with Gasteiger partial charge in [-0.15, -0.1) is 11.3 Å². The van der Waals surface area contributed by atoms with Crippen LogP contribution in [0.5, 0.6) is 0 Å². The van der Waals surface area contributed by atoms with E-state index in [1.165, 1.54) is 17.1 Å². The molecule has 1 fully saturated rings. The summed E-state index contributed by atoms with van der Waals surface area (Å²) in [5, 5.41) is 3.27. The first kappa shape index (κ1) is 17.7. The molecule has 0 amide bonds. The summed E-state index contributed by atoms with van der Waals surface area (Å²) in [4.78, 5) is 13.4. The maximum absolute atomic E-state index is 13.0. The summed E-state index contributed by atoms with van der Waals surface area (Å²) in [6.45, 7) is 6.13. The van der Waals surface area contributed by atoms with Gasteiger partial charge < -0.3 is 15.5 Å². The first-order valence-electron chi connectivity index (χ1n) is 8.64. The fourth-order valence-electron chi connectivity index (χ4n) is 2.86. The van der Waals surface area contributed by atoms with Crippen molar-refractivity contribution in [3.05, 3.63) is 46.2 Å². The van der Waals surface area contributed by atoms with Crippen LogP contribution in [0, 0.1) is 5.82 Å². The number of guanidine groups is 1. The molecule has 1 aromatic carbocycles. The molecule has 3 rings (SSSR count). The number of thiazole rings is 1. The molecule has 0 saturated carbocycles. The van der Waals surface area contributed by atoms with Gasteiger partial charge in [0.1, 0.15) is 5.82 Å². The zero-order valence-corrected chi connectivity index (χ0v) is 15.3. The van der Waals surface area contributed by atoms with E-state index >= 15 is 0 Å². The Balaban J connectivity index is 1.47. The van der Waals surface area contributed by atoms with E-state index in [9.17, 15) is 4.39 Å². The Morgan fingerprint density at radius 3 is 2.60 bits per heavy atom. The van der Waals surface area contributed by atoms with Gasteiger partial charge in [-0.05, 0) is 30.7 Å². The highest BCUT2D eigenvalue weighted by Gasteiger charge is 2.18. The minimum absolute atomic E-state index is 0.204. The van der Waals surface area contributed by atoms with Crippen molar-refractivity contribution in [2.24, 2.45) is 10.7 Å². The maximum atomic E-state index is 13.0. The first-order valence-corrected chi connectivity index (χ1v) is 9.52. The molecule has 7 heteroatoms. The predicted octanol–water partition coefficient (Wildman–Crippen LogP) is 2.52. The largest absolute Gasteiger partial charge is 0.370 e. The van der Waals surface area contributed by atoms with Crippen LogP contribution in [0.15, 0.2) is 34.6 Å². The van der Waals surface area contributed by atoms with E-state index in [2.05, 4.69) is 32.1 Å². The average molecular weight is 361 g/mol. The highest BCUT2D eigenvalue weighted by atomic mass is 32.1. The van der Waals surface area contributed by atoms with Crippen molar-refractivity contribution in [2.45, 2.75) is 19.8 Å². The lowest BCUT2D eigenvalue weighted by Crippen LogP contribution is -2.51. The minimum Gasteiger partial charge on any atom is -0.370 e. The number of aromatic nitrogens is 1. The molecule has 25 heavy (non-hydrogen) atoms. The summed E-state index contributed by atoms with van der Waals surface area (Å²) in [5.41, 5.74) is 8.28. The Morgan fingerprint density at radius 2 is 1.96 bits per heavy atom. The number of piperazine rings is 1. The van der Waals surface area contributed by atoms with Gasteiger partial charge in [-0.3, -0.25) is 4.99 Å². The number of benzene rings is 1. The summed E-state index contributed by atoms with van der Waals surface area (Å²) in [5.74, 6) is 0.398. The highest BCUT2D eigenvalue weighted by Crippen LogP contribution is 2.17. The zero-order valence-electron chi connectivity index (χ0n) is 14.5. The van der Waals surface area contributed by atoms with Gasteiger partial charge >= 0.3 is 0 Å². The Morgan fingerprint density at radius 1 is 1.24 bits per heavy atom. The zero-order chi connectivity index (χ0) is 17.6. The van der Waals surface area contributed by atoms with Gasteiger partial charge in [-0.1, -0.05) is 6.92 Å². The summed E-state index contributed by atoms with van der Waals surface area (Å²) in [7, 11) is 0. The summed E-state index contributed by atoms with van der Waals surface area (Å²) in [6.07, 6.45) is 1.81. The van der Waals surface area contributed by atoms with Crippen LogP contribution in [0.1, 0.15) is 17.6 Å². The average Bonchev–Trinajstić information content (AvgIpc) is 3.10. The third-order valence-electron chi connectivity index (χ3n) is 4.34. The number of anilines is 1. The quantitative estimate of drug-likeness (QED) is 0.657. The Kier molecular flexibility index (Phi) is 5.86. The van der Waals surface area contributed by atoms with E-state index in [4.69, 9.17) is 5.73 Å². The lowest BCUT2D eigenvalue weighted by atomic mass is 10.2. The number of nitrogens with two attached hydrogens (primary N) is 1. The van der Waals surface area contributed by atoms with Crippen LogP contribution < -0.4 is 10.6 Å². The van der Waals surface area contributed by atoms with Crippen molar-refractivity contribution in [3.8, 4) is 0 Å². The monoisotopic (exact) mass is 361 g/mol. The van der Waals surface area contributed by atoms with Crippen LogP contribution in [-0.4, -0.2) is 48.6 Å². The molecule has 2 aromatic rings. The molecular formula is C18H24FN5S. The van der Waals surface area contributed by atoms with E-state index in [0.717, 1.165) is 50.4 Å². The number of aliphatic imine (C=N–C) groups is 1. The third-order valence-corrected chi connectivity index (χ3v) is 5.38. The number of aryl methyl sites for hydroxylation is 1. The smallest absolute Gasteiger partial charge is 0.191 e. The fraction of sp³-hybridized carbons (Fsp3) is 0.444. The molecule has 0 atom stereocenters. The Labute approximate surface area is 152 Å². The van der Waals surface area contributed by atoms with Crippen molar-refractivity contribution >= 4 is 23.0 Å². The predicted molar refractivity (Wildman–Crippen MR) is 102 cm³/mol. The molecule has 1 saturated heterocycles. The second-order valence-corrected chi connectivity index (χ2v) is 6.97. The molecule has 0 spiro atoms. The SMILES string of the molecule is CCc1nc(CCN=C(N)N2CCN(c3ccc(F)cc3)CC2)cs1. The normalized spacial score (nSPS) is 15.7. The molecule has 0 aliphatic carbocycles. The van der Waals surface area contributed by atoms with E-state index in [1.807, 2.05) is 12.1 Å². The van der Waals surface area contributed by atoms with Crippen LogP contribution in [-0.2, 0) is 12.8 Å². The van der Waals surface area contributed by atoms with Crippen molar-refractivity contribution in [2.75, 3.05) is 37.6 Å². The second-order valence-electron chi connectivity index (χ2n) is 6.03. The molecule has 5 nitrogen and oxygen atoms in total. The van der Waals surface area contributed by atoms with Gasteiger partial charge in [0.25, 0.3) is 0 Å². The number of hydrogen-bond donors (Lipinski definition) is 1. The van der Waals surface area contributed by atoms with Crippen LogP contribution >= 0.6 is 11.3 Å². The van der Waals surface area contributed by atoms with Gasteiger partial charge in [0.15, 0.2) is 5.96 Å². The number of halogens is 1. The van der Waals surface area contributed by atoms with Crippen molar-refractivity contribution in [1.29, 1.82) is 0 Å². The molecule has 0 radical (unpaired) electrons. The number of rotatable bonds is 5. The highest BCUT2D eigenvalue weighted by molar-refractivity contribution is 7.09. The van der Waals surface area contributed by atoms with E-state index in [0.29, 0.717) is 12.5 Å². The van der Waals surface area contributed by atoms with Gasteiger partial charge in [-0.25, -0.2) is 9.37 Å². The molecule has 1 aliphatic rings. The molecular weight excluding hydrogens is 337 g/mol. The Bertz CT molecular complexity index is 705. The lowest BCUT2D eigenvalue weighted by Gasteiger charge is -2.36. The maximum Gasteiger partial charge on any atom is 0.191 e. The lowest BCUT2D eigenvalue weighted by molar-refractivity contribution is 0.381. The topological polar surface area (TPSA) is 57.8 Å². The second kappa shape index (κ2) is 8.29. The minimum atomic E-state index is -0.204. The van der Waals surface area contributed by atoms with E-state index in [1.54, 1.807) is 11.3 Å². The molecule has 1 aromatic heterocycles. The molecule has 0 unspecified atom stereocenters. The first-order chi connectivity index (χ1) is 12.2. The molecule has 1 aliphatic heterocycles. The fourth-order valence-corrected chi connectivity index (χ4v) is 3.64. The van der Waals surface area contributed by atoms with E-state index < -0.39 is 0 Å². The summed E-state index contributed by atoms with van der Waals surface area (Å²) >= 11 is 1.71. The summed E-state index contributed by atoms with van der Waals surface area (Å²) < 4.78 is 13.0. The van der Waals surface area contributed by atoms with Gasteiger partial charge in [0.05, 0.1) is 10.7 Å². The van der Waals surface area contributed by atoms with Crippen molar-refractivity contribution < 1.29 is 4.39 Å². The molecule has 0 bridgehead atoms. The van der Waals surface area contributed by atoms with Crippen molar-refractivity contribution in [3.63, 3.8) is 0 Å². The standard InChI is InChI=1S/C18H24FN5S/c1-2-17-22-15(13-25-17)7-8-21-18(20)24-11-9-23(10-12-24)16-5-3-14(19)4-6-16/h3-6,13H,2,7-12H2,1H3,(H2,20,21). The number of hydrogen-bond acceptors (Lipinski definition) is 4. The van der Waals surface area contributed by atoms with Crippen molar-refractivity contribution in [1.82, 2.24) is 9.88 Å². The van der Waals surface area contributed by atoms with E-state index in [-0.39, 0.29) is 5.82 Å². The van der Waals surface area contributed by atoms with Gasteiger partial charge in [-0.2, -0.15) is 0 Å². The third kappa shape index (κ3) is 4.69. The summed E-state index contributed by atoms with van der Waals surface area (Å²) in [6, 6.07) is 6.64. The van der Waals surface area contributed by atoms with Crippen LogP contribution in [0.3, 0.4) is 0 Å².